The van der Waals surface area contributed by atoms with E-state index >= 15 is 0 Å². The molecule has 0 amide bonds. The highest BCUT2D eigenvalue weighted by molar-refractivity contribution is 14.1. The van der Waals surface area contributed by atoms with Gasteiger partial charge in [-0.3, -0.25) is 0 Å². The van der Waals surface area contributed by atoms with E-state index in [1.54, 1.807) is 7.11 Å². The fourth-order valence-electron chi connectivity index (χ4n) is 3.12. The second kappa shape index (κ2) is 9.60. The van der Waals surface area contributed by atoms with Gasteiger partial charge in [-0.2, -0.15) is 0 Å². The van der Waals surface area contributed by atoms with E-state index in [0.29, 0.717) is 18.3 Å². The van der Waals surface area contributed by atoms with Crippen LogP contribution >= 0.6 is 22.6 Å². The Bertz CT molecular complexity index is 716. The van der Waals surface area contributed by atoms with E-state index < -0.39 is 0 Å². The van der Waals surface area contributed by atoms with Crippen molar-refractivity contribution in [3.8, 4) is 11.5 Å². The molecule has 26 heavy (non-hydrogen) atoms. The quantitative estimate of drug-likeness (QED) is 0.468. The number of ether oxygens (including phenoxy) is 2. The predicted octanol–water partition coefficient (Wildman–Crippen LogP) is 6.12. The first-order valence-electron chi connectivity index (χ1n) is 9.14. The Kier molecular flexibility index (Phi) is 7.77. The number of benzene rings is 1. The van der Waals surface area contributed by atoms with Gasteiger partial charge in [0.25, 0.3) is 0 Å². The summed E-state index contributed by atoms with van der Waals surface area (Å²) in [6, 6.07) is 3.86. The molecule has 1 aromatic rings. The van der Waals surface area contributed by atoms with Crippen LogP contribution in [0.25, 0.3) is 6.08 Å². The largest absolute Gasteiger partial charge is 0.504 e. The van der Waals surface area contributed by atoms with Gasteiger partial charge in [0.2, 0.25) is 0 Å². The molecule has 4 heteroatoms. The standard InChI is InChI=1S/C22H29IO3/c1-6-16(11-17-12-19(23)22(24)21(13-17)25-5)7-8-20-18(9-10-26-20)15(4)14(2)3/h9,11-14,20,24H,4,6-8,10H2,1-3,5H3/b16-11+. The van der Waals surface area contributed by atoms with Crippen LogP contribution in [0.15, 0.2) is 41.5 Å². The predicted molar refractivity (Wildman–Crippen MR) is 117 cm³/mol. The number of hydrogen-bond acceptors (Lipinski definition) is 3. The minimum absolute atomic E-state index is 0.148. The highest BCUT2D eigenvalue weighted by atomic mass is 127. The summed E-state index contributed by atoms with van der Waals surface area (Å²) in [6.07, 6.45) is 7.44. The Morgan fingerprint density at radius 1 is 1.46 bits per heavy atom. The van der Waals surface area contributed by atoms with Crippen LogP contribution in [0.3, 0.4) is 0 Å². The van der Waals surface area contributed by atoms with Crippen molar-refractivity contribution in [2.24, 2.45) is 5.92 Å². The van der Waals surface area contributed by atoms with E-state index in [1.807, 2.05) is 12.1 Å². The van der Waals surface area contributed by atoms with Crippen LogP contribution in [0.5, 0.6) is 11.5 Å². The van der Waals surface area contributed by atoms with E-state index in [0.717, 1.165) is 28.4 Å². The zero-order valence-corrected chi connectivity index (χ0v) is 18.3. The van der Waals surface area contributed by atoms with Crippen molar-refractivity contribution in [2.75, 3.05) is 13.7 Å². The normalized spacial score (nSPS) is 17.5. The Labute approximate surface area is 170 Å². The van der Waals surface area contributed by atoms with E-state index in [9.17, 15) is 5.11 Å². The third-order valence-corrected chi connectivity index (χ3v) is 5.66. The van der Waals surface area contributed by atoms with Crippen molar-refractivity contribution in [2.45, 2.75) is 46.1 Å². The molecule has 0 saturated carbocycles. The maximum Gasteiger partial charge on any atom is 0.171 e. The maximum atomic E-state index is 10.0. The third kappa shape index (κ3) is 5.13. The van der Waals surface area contributed by atoms with Gasteiger partial charge in [-0.1, -0.05) is 45.1 Å². The van der Waals surface area contributed by atoms with E-state index in [1.165, 1.54) is 16.7 Å². The lowest BCUT2D eigenvalue weighted by Gasteiger charge is -2.19. The van der Waals surface area contributed by atoms with Crippen LogP contribution < -0.4 is 4.74 Å². The molecular formula is C22H29IO3. The van der Waals surface area contributed by atoms with Gasteiger partial charge in [0.15, 0.2) is 11.5 Å². The lowest BCUT2D eigenvalue weighted by molar-refractivity contribution is 0.116. The first-order valence-corrected chi connectivity index (χ1v) is 10.2. The lowest BCUT2D eigenvalue weighted by atomic mass is 9.90. The number of hydrogen-bond donors (Lipinski definition) is 1. The van der Waals surface area contributed by atoms with Gasteiger partial charge in [0.05, 0.1) is 23.4 Å². The molecule has 1 heterocycles. The second-order valence-corrected chi connectivity index (χ2v) is 8.07. The van der Waals surface area contributed by atoms with E-state index in [2.05, 4.69) is 62.1 Å². The Hall–Kier alpha value is -1.27. The van der Waals surface area contributed by atoms with Gasteiger partial charge in [0.1, 0.15) is 0 Å². The molecule has 3 nitrogen and oxygen atoms in total. The zero-order chi connectivity index (χ0) is 19.3. The van der Waals surface area contributed by atoms with Gasteiger partial charge >= 0.3 is 0 Å². The lowest BCUT2D eigenvalue weighted by Crippen LogP contribution is -2.13. The number of rotatable bonds is 8. The highest BCUT2D eigenvalue weighted by Gasteiger charge is 2.23. The molecule has 1 aliphatic heterocycles. The molecule has 142 valence electrons. The summed E-state index contributed by atoms with van der Waals surface area (Å²) in [4.78, 5) is 0. The van der Waals surface area contributed by atoms with Crippen LogP contribution in [0, 0.1) is 9.49 Å². The monoisotopic (exact) mass is 468 g/mol. The van der Waals surface area contributed by atoms with Gasteiger partial charge < -0.3 is 14.6 Å². The fourth-order valence-corrected chi connectivity index (χ4v) is 3.75. The first kappa shape index (κ1) is 21.0. The summed E-state index contributed by atoms with van der Waals surface area (Å²) >= 11 is 2.13. The number of aromatic hydroxyl groups is 1. The average molecular weight is 468 g/mol. The molecule has 0 spiro atoms. The minimum Gasteiger partial charge on any atom is -0.504 e. The van der Waals surface area contributed by atoms with Crippen molar-refractivity contribution >= 4 is 28.7 Å². The molecule has 1 aromatic carbocycles. The van der Waals surface area contributed by atoms with Crippen LogP contribution in [-0.2, 0) is 4.74 Å². The summed E-state index contributed by atoms with van der Waals surface area (Å²) < 4.78 is 12.0. The molecule has 0 aromatic heterocycles. The topological polar surface area (TPSA) is 38.7 Å². The van der Waals surface area contributed by atoms with Crippen molar-refractivity contribution in [3.63, 3.8) is 0 Å². The second-order valence-electron chi connectivity index (χ2n) is 6.91. The van der Waals surface area contributed by atoms with Gasteiger partial charge in [-0.15, -0.1) is 0 Å². The molecule has 1 N–H and O–H groups in total. The molecular weight excluding hydrogens is 439 g/mol. The van der Waals surface area contributed by atoms with Crippen LogP contribution in [0.4, 0.5) is 0 Å². The number of methoxy groups -OCH3 is 1. The third-order valence-electron chi connectivity index (χ3n) is 4.84. The minimum atomic E-state index is 0.148. The highest BCUT2D eigenvalue weighted by Crippen LogP contribution is 2.34. The van der Waals surface area contributed by atoms with Crippen LogP contribution in [0.1, 0.15) is 45.6 Å². The van der Waals surface area contributed by atoms with Gasteiger partial charge in [-0.05, 0) is 76.6 Å². The Morgan fingerprint density at radius 2 is 2.19 bits per heavy atom. The van der Waals surface area contributed by atoms with Crippen LogP contribution in [0.2, 0.25) is 0 Å². The summed E-state index contributed by atoms with van der Waals surface area (Å²) in [7, 11) is 1.58. The van der Waals surface area contributed by atoms with Crippen LogP contribution in [-0.4, -0.2) is 24.9 Å². The van der Waals surface area contributed by atoms with Crippen molar-refractivity contribution in [3.05, 3.63) is 50.6 Å². The van der Waals surface area contributed by atoms with Gasteiger partial charge in [-0.25, -0.2) is 0 Å². The molecule has 0 fully saturated rings. The molecule has 1 unspecified atom stereocenters. The summed E-state index contributed by atoms with van der Waals surface area (Å²) in [5.41, 5.74) is 4.87. The van der Waals surface area contributed by atoms with Crippen molar-refractivity contribution in [1.29, 1.82) is 0 Å². The number of halogens is 1. The first-order chi connectivity index (χ1) is 12.4. The summed E-state index contributed by atoms with van der Waals surface area (Å²) in [5, 5.41) is 10.0. The van der Waals surface area contributed by atoms with Crippen molar-refractivity contribution in [1.82, 2.24) is 0 Å². The number of phenols is 1. The fraction of sp³-hybridized carbons (Fsp3) is 0.455. The van der Waals surface area contributed by atoms with E-state index in [-0.39, 0.29) is 11.9 Å². The molecule has 1 aliphatic rings. The molecule has 0 saturated heterocycles. The molecule has 0 aliphatic carbocycles. The number of allylic oxidation sites excluding steroid dienone is 1. The zero-order valence-electron chi connectivity index (χ0n) is 16.1. The smallest absolute Gasteiger partial charge is 0.171 e. The summed E-state index contributed by atoms with van der Waals surface area (Å²) in [6.45, 7) is 11.4. The molecule has 2 rings (SSSR count). The number of phenolic OH excluding ortho intramolecular Hbond substituents is 1. The molecule has 1 atom stereocenters. The average Bonchev–Trinajstić information content (AvgIpc) is 3.08. The molecule has 0 bridgehead atoms. The van der Waals surface area contributed by atoms with Gasteiger partial charge in [0, 0.05) is 0 Å². The Morgan fingerprint density at radius 3 is 2.81 bits per heavy atom. The SMILES string of the molecule is C=C(C1=CCOC1CC/C(=C/c1cc(I)c(O)c(OC)c1)CC)C(C)C. The summed E-state index contributed by atoms with van der Waals surface area (Å²) in [5.74, 6) is 1.15. The molecule has 0 radical (unpaired) electrons. The van der Waals surface area contributed by atoms with Crippen molar-refractivity contribution < 1.29 is 14.6 Å². The maximum absolute atomic E-state index is 10.0. The Balaban J connectivity index is 2.10. The van der Waals surface area contributed by atoms with E-state index in [4.69, 9.17) is 9.47 Å².